The maximum Gasteiger partial charge on any atom is 0.419 e. The van der Waals surface area contributed by atoms with Gasteiger partial charge in [-0.05, 0) is 6.42 Å². The summed E-state index contributed by atoms with van der Waals surface area (Å²) in [6.45, 7) is 8.48. The van der Waals surface area contributed by atoms with Gasteiger partial charge in [0, 0.05) is 24.8 Å². The number of nitrogens with zero attached hydrogens (tertiary/aromatic N) is 1. The first-order valence-electron chi connectivity index (χ1n) is 7.80. The lowest BCUT2D eigenvalue weighted by molar-refractivity contribution is -0.109. The van der Waals surface area contributed by atoms with E-state index in [2.05, 4.69) is 18.5 Å². The van der Waals surface area contributed by atoms with Crippen molar-refractivity contribution in [3.8, 4) is 0 Å². The van der Waals surface area contributed by atoms with Gasteiger partial charge in [0.05, 0.1) is 12.6 Å². The predicted octanol–water partition coefficient (Wildman–Crippen LogP) is 1.30. The number of carbonyl (C=O) groups excluding carboxylic acids is 3. The van der Waals surface area contributed by atoms with Crippen molar-refractivity contribution >= 4 is 29.1 Å². The molecule has 0 aromatic rings. The number of ether oxygens (including phenoxy) is 2. The van der Waals surface area contributed by atoms with Gasteiger partial charge in [0.25, 0.3) is 0 Å². The van der Waals surface area contributed by atoms with Crippen LogP contribution in [0.2, 0.25) is 0 Å². The normalized spacial score (nSPS) is 20.4. The summed E-state index contributed by atoms with van der Waals surface area (Å²) in [6, 6.07) is -0.348. The summed E-state index contributed by atoms with van der Waals surface area (Å²) in [6.07, 6.45) is 0.391. The molecule has 1 fully saturated rings. The summed E-state index contributed by atoms with van der Waals surface area (Å²) in [5.41, 5.74) is 0. The van der Waals surface area contributed by atoms with Gasteiger partial charge in [-0.15, -0.1) is 0 Å². The first kappa shape index (κ1) is 21.2. The van der Waals surface area contributed by atoms with Gasteiger partial charge in [-0.1, -0.05) is 37.1 Å². The van der Waals surface area contributed by atoms with Gasteiger partial charge in [-0.2, -0.15) is 0 Å². The highest BCUT2D eigenvalue weighted by Crippen LogP contribution is 2.23. The summed E-state index contributed by atoms with van der Waals surface area (Å²) >= 11 is 1.21. The molecule has 25 heavy (non-hydrogen) atoms. The number of aliphatic hydroxyl groups excluding tert-OH is 1. The SMILES string of the molecule is C=CCOC(=O)N(CC(O)[C@@H]1C[C@H](SC(C)=O)CN1)C(=O)OCC=C. The average Bonchev–Trinajstić information content (AvgIpc) is 3.02. The van der Waals surface area contributed by atoms with Crippen LogP contribution in [-0.2, 0) is 14.3 Å². The van der Waals surface area contributed by atoms with Crippen LogP contribution in [0.25, 0.3) is 0 Å². The topological polar surface area (TPSA) is 105 Å². The molecule has 8 nitrogen and oxygen atoms in total. The van der Waals surface area contributed by atoms with E-state index in [0.717, 1.165) is 0 Å². The van der Waals surface area contributed by atoms with Crippen molar-refractivity contribution in [1.82, 2.24) is 10.2 Å². The maximum atomic E-state index is 12.0. The molecule has 0 bridgehead atoms. The molecule has 0 radical (unpaired) electrons. The van der Waals surface area contributed by atoms with Crippen LogP contribution < -0.4 is 5.32 Å². The standard InChI is InChI=1S/C16H24N2O6S/c1-4-6-23-15(21)18(16(22)24-7-5-2)10-14(20)13-8-12(9-17-13)25-11(3)19/h4-5,12-14,17,20H,1-2,6-10H2,3H3/t12-,13-,14?/m0/s1. The van der Waals surface area contributed by atoms with Crippen molar-refractivity contribution in [1.29, 1.82) is 0 Å². The largest absolute Gasteiger partial charge is 0.445 e. The first-order chi connectivity index (χ1) is 11.9. The molecule has 1 aliphatic heterocycles. The molecule has 1 heterocycles. The Hall–Kier alpha value is -1.84. The Morgan fingerprint density at radius 1 is 1.28 bits per heavy atom. The van der Waals surface area contributed by atoms with Gasteiger partial charge < -0.3 is 19.9 Å². The van der Waals surface area contributed by atoms with Gasteiger partial charge >= 0.3 is 12.2 Å². The molecule has 9 heteroatoms. The molecule has 1 rings (SSSR count). The van der Waals surface area contributed by atoms with E-state index in [9.17, 15) is 19.5 Å². The highest BCUT2D eigenvalue weighted by Gasteiger charge is 2.35. The Kier molecular flexibility index (Phi) is 9.25. The smallest absolute Gasteiger partial charge is 0.419 e. The molecule has 2 N–H and O–H groups in total. The van der Waals surface area contributed by atoms with E-state index < -0.39 is 18.3 Å². The summed E-state index contributed by atoms with van der Waals surface area (Å²) in [4.78, 5) is 35.9. The Morgan fingerprint density at radius 3 is 2.32 bits per heavy atom. The van der Waals surface area contributed by atoms with E-state index in [1.54, 1.807) is 0 Å². The Balaban J connectivity index is 2.67. The predicted molar refractivity (Wildman–Crippen MR) is 94.3 cm³/mol. The van der Waals surface area contributed by atoms with E-state index >= 15 is 0 Å². The van der Waals surface area contributed by atoms with Crippen molar-refractivity contribution in [3.05, 3.63) is 25.3 Å². The number of aliphatic hydroxyl groups is 1. The van der Waals surface area contributed by atoms with Crippen molar-refractivity contribution in [2.24, 2.45) is 0 Å². The third kappa shape index (κ3) is 7.29. The molecular formula is C16H24N2O6S. The number of hydrogen-bond donors (Lipinski definition) is 2. The minimum Gasteiger partial charge on any atom is -0.445 e. The fourth-order valence-corrected chi connectivity index (χ4v) is 3.26. The fraction of sp³-hybridized carbons (Fsp3) is 0.562. The van der Waals surface area contributed by atoms with Crippen molar-refractivity contribution in [2.75, 3.05) is 26.3 Å². The van der Waals surface area contributed by atoms with Gasteiger partial charge in [0.1, 0.15) is 13.2 Å². The Morgan fingerprint density at radius 2 is 1.84 bits per heavy atom. The fourth-order valence-electron chi connectivity index (χ4n) is 2.30. The quantitative estimate of drug-likeness (QED) is 0.615. The lowest BCUT2D eigenvalue weighted by atomic mass is 10.1. The van der Waals surface area contributed by atoms with Crippen molar-refractivity contribution in [2.45, 2.75) is 30.7 Å². The van der Waals surface area contributed by atoms with Crippen molar-refractivity contribution in [3.63, 3.8) is 0 Å². The van der Waals surface area contributed by atoms with Crippen LogP contribution in [0.1, 0.15) is 13.3 Å². The van der Waals surface area contributed by atoms with Crippen LogP contribution in [0.15, 0.2) is 25.3 Å². The molecule has 0 aromatic carbocycles. The molecule has 0 saturated carbocycles. The lowest BCUT2D eigenvalue weighted by Crippen LogP contribution is -2.48. The van der Waals surface area contributed by atoms with Crippen LogP contribution in [0, 0.1) is 0 Å². The molecule has 140 valence electrons. The second-order valence-electron chi connectivity index (χ2n) is 5.39. The third-order valence-electron chi connectivity index (χ3n) is 3.38. The van der Waals surface area contributed by atoms with Crippen LogP contribution in [0.5, 0.6) is 0 Å². The highest BCUT2D eigenvalue weighted by atomic mass is 32.2. The molecular weight excluding hydrogens is 348 g/mol. The Labute approximate surface area is 151 Å². The van der Waals surface area contributed by atoms with Crippen LogP contribution in [0.4, 0.5) is 9.59 Å². The molecule has 0 aromatic heterocycles. The second kappa shape index (κ2) is 10.9. The van der Waals surface area contributed by atoms with E-state index in [0.29, 0.717) is 17.9 Å². The van der Waals surface area contributed by atoms with E-state index in [1.807, 2.05) is 0 Å². The highest BCUT2D eigenvalue weighted by molar-refractivity contribution is 8.14. The summed E-state index contributed by atoms with van der Waals surface area (Å²) in [5, 5.41) is 13.5. The van der Waals surface area contributed by atoms with Gasteiger partial charge in [-0.3, -0.25) is 4.79 Å². The maximum absolute atomic E-state index is 12.0. The molecule has 1 saturated heterocycles. The van der Waals surface area contributed by atoms with Crippen molar-refractivity contribution < 1.29 is 29.0 Å². The van der Waals surface area contributed by atoms with Crippen LogP contribution in [0.3, 0.4) is 0 Å². The van der Waals surface area contributed by atoms with E-state index in [4.69, 9.17) is 9.47 Å². The zero-order valence-electron chi connectivity index (χ0n) is 14.2. The molecule has 3 atom stereocenters. The number of rotatable bonds is 8. The molecule has 2 amide bonds. The monoisotopic (exact) mass is 372 g/mol. The summed E-state index contributed by atoms with van der Waals surface area (Å²) < 4.78 is 9.71. The van der Waals surface area contributed by atoms with Gasteiger partial charge in [-0.25, -0.2) is 14.5 Å². The number of thioether (sulfide) groups is 1. The zero-order valence-corrected chi connectivity index (χ0v) is 15.0. The van der Waals surface area contributed by atoms with Gasteiger partial charge in [0.15, 0.2) is 5.12 Å². The van der Waals surface area contributed by atoms with Gasteiger partial charge in [0.2, 0.25) is 0 Å². The Bertz CT molecular complexity index is 489. The molecule has 0 aliphatic carbocycles. The minimum atomic E-state index is -1.02. The zero-order chi connectivity index (χ0) is 18.8. The average molecular weight is 372 g/mol. The number of hydrogen-bond acceptors (Lipinski definition) is 8. The first-order valence-corrected chi connectivity index (χ1v) is 8.68. The molecule has 1 aliphatic rings. The van der Waals surface area contributed by atoms with Crippen LogP contribution in [-0.4, -0.2) is 71.0 Å². The number of amides is 2. The third-order valence-corrected chi connectivity index (χ3v) is 4.41. The van der Waals surface area contributed by atoms with E-state index in [-0.39, 0.29) is 36.2 Å². The number of carbonyl (C=O) groups is 3. The van der Waals surface area contributed by atoms with E-state index in [1.165, 1.54) is 30.8 Å². The lowest BCUT2D eigenvalue weighted by Gasteiger charge is -2.25. The molecule has 1 unspecified atom stereocenters. The van der Waals surface area contributed by atoms with Crippen LogP contribution >= 0.6 is 11.8 Å². The number of nitrogens with one attached hydrogen (secondary N) is 1. The number of imide groups is 1. The summed E-state index contributed by atoms with van der Waals surface area (Å²) in [5.74, 6) is 0. The minimum absolute atomic E-state index is 0.00423. The molecule has 0 spiro atoms. The second-order valence-corrected chi connectivity index (χ2v) is 6.87. The summed E-state index contributed by atoms with van der Waals surface area (Å²) in [7, 11) is 0.